The molecule has 0 N–H and O–H groups in total. The van der Waals surface area contributed by atoms with Crippen LogP contribution in [0.3, 0.4) is 0 Å². The van der Waals surface area contributed by atoms with Crippen LogP contribution in [0.5, 0.6) is 0 Å². The zero-order valence-corrected chi connectivity index (χ0v) is 19.1. The molecule has 4 nitrogen and oxygen atoms in total. The molecule has 0 saturated carbocycles. The zero-order chi connectivity index (χ0) is 20.6. The van der Waals surface area contributed by atoms with E-state index in [1.54, 1.807) is 0 Å². The predicted molar refractivity (Wildman–Crippen MR) is 118 cm³/mol. The van der Waals surface area contributed by atoms with Crippen LogP contribution in [0.25, 0.3) is 11.0 Å². The van der Waals surface area contributed by atoms with Crippen molar-refractivity contribution in [3.05, 3.63) is 29.0 Å². The standard InChI is InChI=1S/C25H37N3O/c1-23(2,3)22-19-8-7-17-13-25(14-20(17)21(19)29-26-22)15-27(16-25)18-9-11-28(12-10-18)24(4,5)6/h7-8,18H,9-16H2,1-6H3. The maximum Gasteiger partial charge on any atom is 0.170 e. The van der Waals surface area contributed by atoms with Crippen LogP contribution in [0.2, 0.25) is 0 Å². The first kappa shape index (κ1) is 19.6. The summed E-state index contributed by atoms with van der Waals surface area (Å²) in [7, 11) is 0. The van der Waals surface area contributed by atoms with E-state index in [-0.39, 0.29) is 5.41 Å². The number of piperidine rings is 1. The summed E-state index contributed by atoms with van der Waals surface area (Å²) in [5, 5.41) is 5.68. The van der Waals surface area contributed by atoms with Crippen LogP contribution < -0.4 is 0 Å². The summed E-state index contributed by atoms with van der Waals surface area (Å²) in [6, 6.07) is 5.38. The molecule has 4 heteroatoms. The van der Waals surface area contributed by atoms with Crippen molar-refractivity contribution >= 4 is 11.0 Å². The molecule has 158 valence electrons. The molecule has 5 rings (SSSR count). The molecule has 0 bridgehead atoms. The summed E-state index contributed by atoms with van der Waals surface area (Å²) in [5.41, 5.74) is 5.85. The second-order valence-corrected chi connectivity index (χ2v) is 12.0. The van der Waals surface area contributed by atoms with Gasteiger partial charge >= 0.3 is 0 Å². The van der Waals surface area contributed by atoms with Gasteiger partial charge in [-0.25, -0.2) is 0 Å². The number of likely N-dealkylation sites (tertiary alicyclic amines) is 2. The molecule has 0 unspecified atom stereocenters. The van der Waals surface area contributed by atoms with Crippen molar-refractivity contribution in [1.29, 1.82) is 0 Å². The first-order valence-corrected chi connectivity index (χ1v) is 11.5. The molecule has 0 radical (unpaired) electrons. The van der Waals surface area contributed by atoms with Crippen molar-refractivity contribution in [2.45, 2.75) is 84.2 Å². The van der Waals surface area contributed by atoms with E-state index in [4.69, 9.17) is 4.52 Å². The fourth-order valence-electron chi connectivity index (χ4n) is 6.04. The Kier molecular flexibility index (Phi) is 4.25. The van der Waals surface area contributed by atoms with Crippen LogP contribution in [0.4, 0.5) is 0 Å². The third-order valence-electron chi connectivity index (χ3n) is 7.68. The molecule has 1 aromatic heterocycles. The Morgan fingerprint density at radius 1 is 1.00 bits per heavy atom. The number of nitrogens with zero attached hydrogens (tertiary/aromatic N) is 3. The first-order valence-electron chi connectivity index (χ1n) is 11.5. The molecule has 2 aliphatic heterocycles. The van der Waals surface area contributed by atoms with Gasteiger partial charge in [-0.15, -0.1) is 0 Å². The SMILES string of the molecule is CC(C)(C)c1noc2c3c(ccc12)CC1(C3)CN(C2CCN(C(C)(C)C)CC2)C1. The number of rotatable bonds is 1. The lowest BCUT2D eigenvalue weighted by Crippen LogP contribution is -2.62. The van der Waals surface area contributed by atoms with Crippen LogP contribution in [0.1, 0.15) is 71.2 Å². The maximum absolute atomic E-state index is 5.90. The van der Waals surface area contributed by atoms with E-state index in [0.717, 1.165) is 23.7 Å². The molecular formula is C25H37N3O. The molecule has 1 aliphatic carbocycles. The molecule has 2 saturated heterocycles. The van der Waals surface area contributed by atoms with Crippen LogP contribution in [0.15, 0.2) is 16.7 Å². The minimum atomic E-state index is 0.0188. The van der Waals surface area contributed by atoms with E-state index < -0.39 is 0 Å². The highest BCUT2D eigenvalue weighted by atomic mass is 16.5. The van der Waals surface area contributed by atoms with Gasteiger partial charge in [-0.05, 0) is 58.1 Å². The second kappa shape index (κ2) is 6.31. The lowest BCUT2D eigenvalue weighted by molar-refractivity contribution is -0.0498. The minimum absolute atomic E-state index is 0.0188. The Labute approximate surface area is 175 Å². The fraction of sp³-hybridized carbons (Fsp3) is 0.720. The van der Waals surface area contributed by atoms with Gasteiger partial charge in [0.25, 0.3) is 0 Å². The normalized spacial score (nSPS) is 23.7. The number of hydrogen-bond acceptors (Lipinski definition) is 4. The second-order valence-electron chi connectivity index (χ2n) is 12.0. The number of hydrogen-bond donors (Lipinski definition) is 0. The molecule has 1 spiro atoms. The predicted octanol–water partition coefficient (Wildman–Crippen LogP) is 4.79. The highest BCUT2D eigenvalue weighted by Gasteiger charge is 2.50. The smallest absolute Gasteiger partial charge is 0.170 e. The van der Waals surface area contributed by atoms with E-state index in [0.29, 0.717) is 11.0 Å². The summed E-state index contributed by atoms with van der Waals surface area (Å²) in [6.07, 6.45) is 5.01. The van der Waals surface area contributed by atoms with Crippen LogP contribution in [-0.2, 0) is 18.3 Å². The molecule has 0 atom stereocenters. The van der Waals surface area contributed by atoms with Crippen LogP contribution >= 0.6 is 0 Å². The van der Waals surface area contributed by atoms with Gasteiger partial charge in [0.05, 0.1) is 5.69 Å². The van der Waals surface area contributed by atoms with E-state index in [2.05, 4.69) is 68.6 Å². The third-order valence-corrected chi connectivity index (χ3v) is 7.68. The van der Waals surface area contributed by atoms with Gasteiger partial charge in [-0.1, -0.05) is 32.0 Å². The molecular weight excluding hydrogens is 358 g/mol. The van der Waals surface area contributed by atoms with Crippen LogP contribution in [-0.4, -0.2) is 52.7 Å². The fourth-order valence-corrected chi connectivity index (χ4v) is 6.04. The average molecular weight is 396 g/mol. The van der Waals surface area contributed by atoms with E-state index in [1.807, 2.05) is 0 Å². The Hall–Kier alpha value is -1.39. The molecule has 1 aromatic carbocycles. The van der Waals surface area contributed by atoms with Crippen molar-refractivity contribution < 1.29 is 4.52 Å². The van der Waals surface area contributed by atoms with Gasteiger partial charge in [-0.2, -0.15) is 0 Å². The Morgan fingerprint density at radius 2 is 1.69 bits per heavy atom. The highest BCUT2D eigenvalue weighted by Crippen LogP contribution is 2.48. The quantitative estimate of drug-likeness (QED) is 0.695. The summed E-state index contributed by atoms with van der Waals surface area (Å²) in [6.45, 7) is 18.7. The molecule has 2 aromatic rings. The van der Waals surface area contributed by atoms with Crippen molar-refractivity contribution in [3.8, 4) is 0 Å². The van der Waals surface area contributed by atoms with Crippen molar-refractivity contribution in [1.82, 2.24) is 15.0 Å². The first-order chi connectivity index (χ1) is 13.6. The van der Waals surface area contributed by atoms with Gasteiger partial charge < -0.3 is 4.52 Å². The number of fused-ring (bicyclic) bond motifs is 3. The monoisotopic (exact) mass is 395 g/mol. The van der Waals surface area contributed by atoms with Gasteiger partial charge in [0.1, 0.15) is 0 Å². The maximum atomic E-state index is 5.90. The Bertz CT molecular complexity index is 916. The third kappa shape index (κ3) is 3.23. The van der Waals surface area contributed by atoms with Crippen molar-refractivity contribution in [2.75, 3.05) is 26.2 Å². The molecule has 29 heavy (non-hydrogen) atoms. The molecule has 0 amide bonds. The van der Waals surface area contributed by atoms with E-state index in [9.17, 15) is 0 Å². The lowest BCUT2D eigenvalue weighted by atomic mass is 9.75. The number of benzene rings is 1. The average Bonchev–Trinajstić information content (AvgIpc) is 3.20. The van der Waals surface area contributed by atoms with Gasteiger partial charge in [0, 0.05) is 59.5 Å². The molecule has 3 heterocycles. The zero-order valence-electron chi connectivity index (χ0n) is 19.1. The minimum Gasteiger partial charge on any atom is -0.356 e. The van der Waals surface area contributed by atoms with E-state index >= 15 is 0 Å². The molecule has 2 fully saturated rings. The number of aromatic nitrogens is 1. The summed E-state index contributed by atoms with van der Waals surface area (Å²) in [4.78, 5) is 5.42. The molecule has 3 aliphatic rings. The topological polar surface area (TPSA) is 32.5 Å². The van der Waals surface area contributed by atoms with Gasteiger partial charge in [0.2, 0.25) is 0 Å². The highest BCUT2D eigenvalue weighted by molar-refractivity contribution is 5.85. The van der Waals surface area contributed by atoms with Crippen molar-refractivity contribution in [3.63, 3.8) is 0 Å². The Morgan fingerprint density at radius 3 is 2.31 bits per heavy atom. The largest absolute Gasteiger partial charge is 0.356 e. The summed E-state index contributed by atoms with van der Waals surface area (Å²) < 4.78 is 5.90. The lowest BCUT2D eigenvalue weighted by Gasteiger charge is -2.54. The van der Waals surface area contributed by atoms with Gasteiger partial charge in [-0.3, -0.25) is 9.80 Å². The van der Waals surface area contributed by atoms with Crippen LogP contribution in [0, 0.1) is 5.41 Å². The Balaban J connectivity index is 1.28. The summed E-state index contributed by atoms with van der Waals surface area (Å²) >= 11 is 0. The van der Waals surface area contributed by atoms with Crippen molar-refractivity contribution in [2.24, 2.45) is 5.41 Å². The van der Waals surface area contributed by atoms with Gasteiger partial charge in [0.15, 0.2) is 5.58 Å². The van der Waals surface area contributed by atoms with E-state index in [1.165, 1.54) is 62.0 Å². The summed E-state index contributed by atoms with van der Waals surface area (Å²) in [5.74, 6) is 0.